The van der Waals surface area contributed by atoms with Gasteiger partial charge in [0.25, 0.3) is 0 Å². The smallest absolute Gasteiger partial charge is 0.331 e. The van der Waals surface area contributed by atoms with Crippen molar-refractivity contribution in [1.82, 2.24) is 0 Å². The van der Waals surface area contributed by atoms with Gasteiger partial charge in [0.2, 0.25) is 0 Å². The predicted molar refractivity (Wildman–Crippen MR) is 90.1 cm³/mol. The molecule has 146 valence electrons. The Balaban J connectivity index is 4.78. The van der Waals surface area contributed by atoms with Gasteiger partial charge >= 0.3 is 23.9 Å². The van der Waals surface area contributed by atoms with Crippen LogP contribution in [0.5, 0.6) is 0 Å². The Morgan fingerprint density at radius 1 is 0.808 bits per heavy atom. The van der Waals surface area contributed by atoms with Crippen molar-refractivity contribution >= 4 is 23.9 Å². The highest BCUT2D eigenvalue weighted by molar-refractivity contribution is 5.92. The van der Waals surface area contributed by atoms with Crippen molar-refractivity contribution in [3.8, 4) is 0 Å². The van der Waals surface area contributed by atoms with E-state index in [4.69, 9.17) is 9.47 Å². The highest BCUT2D eigenvalue weighted by Gasteiger charge is 2.20. The molecule has 0 aromatic rings. The molecule has 1 atom stereocenters. The lowest BCUT2D eigenvalue weighted by molar-refractivity contribution is -0.899. The van der Waals surface area contributed by atoms with Gasteiger partial charge in [-0.1, -0.05) is 0 Å². The van der Waals surface area contributed by atoms with E-state index in [1.54, 1.807) is 0 Å². The number of likely N-dealkylation sites (N-methyl/N-ethyl adjacent to an activating group) is 1. The van der Waals surface area contributed by atoms with Gasteiger partial charge in [0.15, 0.2) is 6.10 Å². The summed E-state index contributed by atoms with van der Waals surface area (Å²) in [6.45, 7) is 5.75. The number of hydrogen-bond donors (Lipinski definition) is 1. The Morgan fingerprint density at radius 3 is 1.73 bits per heavy atom. The Hall–Kier alpha value is -2.68. The summed E-state index contributed by atoms with van der Waals surface area (Å²) in [4.78, 5) is 46.5. The molecule has 0 aromatic heterocycles. The highest BCUT2D eigenvalue weighted by atomic mass is 16.6. The minimum atomic E-state index is -0.768. The quantitative estimate of drug-likeness (QED) is 0.274. The van der Waals surface area contributed by atoms with Crippen LogP contribution in [0, 0.1) is 0 Å². The maximum Gasteiger partial charge on any atom is 0.331 e. The normalized spacial score (nSPS) is 12.2. The number of esters is 4. The predicted octanol–water partition coefficient (Wildman–Crippen LogP) is -1.18. The summed E-state index contributed by atoms with van der Waals surface area (Å²) in [7, 11) is 2.37. The van der Waals surface area contributed by atoms with Gasteiger partial charge in [-0.3, -0.25) is 0 Å². The van der Waals surface area contributed by atoms with Crippen LogP contribution in [0.25, 0.3) is 0 Å². The van der Waals surface area contributed by atoms with Crippen molar-refractivity contribution in [3.63, 3.8) is 0 Å². The first-order valence-electron chi connectivity index (χ1n) is 8.09. The highest BCUT2D eigenvalue weighted by Crippen LogP contribution is 1.96. The lowest BCUT2D eigenvalue weighted by Gasteiger charge is -2.22. The van der Waals surface area contributed by atoms with Crippen LogP contribution >= 0.6 is 0 Å². The minimum Gasteiger partial charge on any atom is -0.466 e. The fourth-order valence-corrected chi connectivity index (χ4v) is 1.83. The molecule has 1 N–H and O–H groups in total. The van der Waals surface area contributed by atoms with Crippen LogP contribution in [0.2, 0.25) is 0 Å². The van der Waals surface area contributed by atoms with Crippen LogP contribution in [-0.4, -0.2) is 70.4 Å². The van der Waals surface area contributed by atoms with E-state index in [0.717, 1.165) is 42.3 Å². The second-order valence-electron chi connectivity index (χ2n) is 5.06. The number of rotatable bonds is 11. The number of hydrogen-bond acceptors (Lipinski definition) is 8. The Bertz CT molecular complexity index is 537. The molecule has 9 heteroatoms. The van der Waals surface area contributed by atoms with Gasteiger partial charge in [0.05, 0.1) is 27.3 Å². The summed E-state index contributed by atoms with van der Waals surface area (Å²) in [5.74, 6) is -2.90. The lowest BCUT2D eigenvalue weighted by Crippen LogP contribution is -3.12. The van der Waals surface area contributed by atoms with Crippen LogP contribution in [0.1, 0.15) is 13.8 Å². The SMILES string of the molecule is CC[NH+](CC)CC(COC(=O)/C=C/C(=O)OC)OC(=O)/C=C/C(=O)OC. The molecule has 26 heavy (non-hydrogen) atoms. The summed E-state index contributed by atoms with van der Waals surface area (Å²) in [6.07, 6.45) is 3.02. The maximum absolute atomic E-state index is 11.8. The summed E-state index contributed by atoms with van der Waals surface area (Å²) >= 11 is 0. The summed E-state index contributed by atoms with van der Waals surface area (Å²) in [6, 6.07) is 0. The number of methoxy groups -OCH3 is 2. The molecule has 9 nitrogen and oxygen atoms in total. The summed E-state index contributed by atoms with van der Waals surface area (Å²) in [5.41, 5.74) is 0. The molecule has 0 aliphatic heterocycles. The van der Waals surface area contributed by atoms with Gasteiger partial charge in [-0.2, -0.15) is 0 Å². The average Bonchev–Trinajstić information content (AvgIpc) is 2.65. The van der Waals surface area contributed by atoms with Crippen molar-refractivity contribution in [3.05, 3.63) is 24.3 Å². The van der Waals surface area contributed by atoms with Crippen LogP contribution < -0.4 is 4.90 Å². The standard InChI is InChI=1S/C17H25NO8/c1-5-18(6-2)11-13(26-17(22)10-8-15(20)24-4)12-25-16(21)9-7-14(19)23-3/h7-10,13H,5-6,11-12H2,1-4H3/p+1/b9-7+,10-8+. The van der Waals surface area contributed by atoms with Crippen LogP contribution in [0.15, 0.2) is 24.3 Å². The molecule has 0 spiro atoms. The zero-order valence-corrected chi connectivity index (χ0v) is 15.5. The second-order valence-corrected chi connectivity index (χ2v) is 5.06. The fourth-order valence-electron chi connectivity index (χ4n) is 1.83. The largest absolute Gasteiger partial charge is 0.466 e. The van der Waals surface area contributed by atoms with Gasteiger partial charge in [-0.25, -0.2) is 19.2 Å². The first-order chi connectivity index (χ1) is 12.4. The summed E-state index contributed by atoms with van der Waals surface area (Å²) < 4.78 is 19.0. The van der Waals surface area contributed by atoms with E-state index in [1.165, 1.54) is 14.2 Å². The van der Waals surface area contributed by atoms with Crippen LogP contribution in [0.3, 0.4) is 0 Å². The van der Waals surface area contributed by atoms with Gasteiger partial charge in [-0.15, -0.1) is 0 Å². The van der Waals surface area contributed by atoms with Gasteiger partial charge in [0.1, 0.15) is 13.2 Å². The van der Waals surface area contributed by atoms with Crippen LogP contribution in [0.4, 0.5) is 0 Å². The van der Waals surface area contributed by atoms with E-state index in [1.807, 2.05) is 13.8 Å². The van der Waals surface area contributed by atoms with Crippen molar-refractivity contribution < 1.29 is 43.0 Å². The molecule has 0 saturated heterocycles. The summed E-state index contributed by atoms with van der Waals surface area (Å²) in [5, 5.41) is 0. The first-order valence-corrected chi connectivity index (χ1v) is 8.09. The van der Waals surface area contributed by atoms with Crippen molar-refractivity contribution in [1.29, 1.82) is 0 Å². The van der Waals surface area contributed by atoms with E-state index in [9.17, 15) is 19.2 Å². The molecule has 0 aliphatic rings. The number of nitrogens with one attached hydrogen (secondary N) is 1. The van der Waals surface area contributed by atoms with E-state index in [-0.39, 0.29) is 6.61 Å². The van der Waals surface area contributed by atoms with Crippen LogP contribution in [-0.2, 0) is 38.1 Å². The molecule has 0 heterocycles. The van der Waals surface area contributed by atoms with Crippen molar-refractivity contribution in [2.45, 2.75) is 20.0 Å². The van der Waals surface area contributed by atoms with Crippen molar-refractivity contribution in [2.24, 2.45) is 0 Å². The third-order valence-electron chi connectivity index (χ3n) is 3.32. The first kappa shape index (κ1) is 23.3. The Morgan fingerprint density at radius 2 is 1.27 bits per heavy atom. The Kier molecular flexibility index (Phi) is 12.2. The number of carbonyl (C=O) groups excluding carboxylic acids is 4. The third kappa shape index (κ3) is 11.0. The van der Waals surface area contributed by atoms with Gasteiger partial charge < -0.3 is 23.8 Å². The monoisotopic (exact) mass is 372 g/mol. The molecule has 1 unspecified atom stereocenters. The van der Waals surface area contributed by atoms with Gasteiger partial charge in [0, 0.05) is 24.3 Å². The van der Waals surface area contributed by atoms with E-state index in [0.29, 0.717) is 6.54 Å². The second kappa shape index (κ2) is 13.6. The van der Waals surface area contributed by atoms with Crippen molar-refractivity contribution in [2.75, 3.05) is 40.5 Å². The number of quaternary nitrogens is 1. The van der Waals surface area contributed by atoms with E-state index < -0.39 is 30.0 Å². The average molecular weight is 372 g/mol. The molecule has 0 radical (unpaired) electrons. The molecule has 0 amide bonds. The molecule has 0 saturated carbocycles. The molecule has 0 aliphatic carbocycles. The van der Waals surface area contributed by atoms with Gasteiger partial charge in [-0.05, 0) is 13.8 Å². The van der Waals surface area contributed by atoms with E-state index >= 15 is 0 Å². The number of ether oxygens (including phenoxy) is 4. The Labute approximate surface area is 152 Å². The topological polar surface area (TPSA) is 110 Å². The molecule has 0 aromatic carbocycles. The van der Waals surface area contributed by atoms with E-state index in [2.05, 4.69) is 9.47 Å². The molecule has 0 fully saturated rings. The zero-order chi connectivity index (χ0) is 19.9. The number of carbonyl (C=O) groups is 4. The lowest BCUT2D eigenvalue weighted by atomic mass is 10.3. The third-order valence-corrected chi connectivity index (χ3v) is 3.32. The molecular weight excluding hydrogens is 346 g/mol. The maximum atomic E-state index is 11.8. The minimum absolute atomic E-state index is 0.189. The molecule has 0 bridgehead atoms. The zero-order valence-electron chi connectivity index (χ0n) is 15.5. The molecular formula is C17H26NO8+. The fraction of sp³-hybridized carbons (Fsp3) is 0.529. The molecule has 0 rings (SSSR count).